The Morgan fingerprint density at radius 1 is 1.03 bits per heavy atom. The van der Waals surface area contributed by atoms with Gasteiger partial charge < -0.3 is 14.3 Å². The van der Waals surface area contributed by atoms with Crippen LogP contribution >= 0.6 is 11.6 Å². The molecular weight excluding hydrogens is 388 g/mol. The van der Waals surface area contributed by atoms with E-state index in [1.54, 1.807) is 0 Å². The molecule has 7 heteroatoms. The third kappa shape index (κ3) is 4.77. The van der Waals surface area contributed by atoms with Crippen molar-refractivity contribution in [2.45, 2.75) is 19.8 Å². The minimum Gasteiger partial charge on any atom is -0.368 e. The molecule has 1 saturated heterocycles. The van der Waals surface area contributed by atoms with E-state index in [1.807, 2.05) is 60.4 Å². The number of carbonyl (C=O) groups is 1. The van der Waals surface area contributed by atoms with E-state index in [-0.39, 0.29) is 5.91 Å². The molecule has 0 spiro atoms. The number of aromatic nitrogens is 2. The summed E-state index contributed by atoms with van der Waals surface area (Å²) >= 11 is 5.95. The number of nitrogens with zero attached hydrogens (tertiary/aromatic N) is 4. The summed E-state index contributed by atoms with van der Waals surface area (Å²) in [7, 11) is 0. The predicted molar refractivity (Wildman–Crippen MR) is 113 cm³/mol. The summed E-state index contributed by atoms with van der Waals surface area (Å²) in [4.78, 5) is 21.2. The molecule has 6 nitrogen and oxygen atoms in total. The maximum Gasteiger partial charge on any atom is 0.227 e. The molecule has 3 aromatic rings. The Hall–Kier alpha value is -2.86. The van der Waals surface area contributed by atoms with Gasteiger partial charge in [-0.1, -0.05) is 46.6 Å². The van der Waals surface area contributed by atoms with Crippen molar-refractivity contribution in [3.05, 3.63) is 65.0 Å². The van der Waals surface area contributed by atoms with E-state index < -0.39 is 0 Å². The Morgan fingerprint density at radius 3 is 2.41 bits per heavy atom. The normalized spacial score (nSPS) is 14.3. The first-order chi connectivity index (χ1) is 14.1. The lowest BCUT2D eigenvalue weighted by Crippen LogP contribution is -2.48. The summed E-state index contributed by atoms with van der Waals surface area (Å²) in [5.41, 5.74) is 3.23. The largest absolute Gasteiger partial charge is 0.368 e. The lowest BCUT2D eigenvalue weighted by molar-refractivity contribution is -0.131. The quantitative estimate of drug-likeness (QED) is 0.636. The highest BCUT2D eigenvalue weighted by molar-refractivity contribution is 6.30. The lowest BCUT2D eigenvalue weighted by atomic mass is 10.1. The van der Waals surface area contributed by atoms with E-state index in [4.69, 9.17) is 16.1 Å². The summed E-state index contributed by atoms with van der Waals surface area (Å²) < 4.78 is 5.32. The molecule has 4 rings (SSSR count). The molecule has 2 aromatic carbocycles. The predicted octanol–water partition coefficient (Wildman–Crippen LogP) is 3.98. The molecule has 0 saturated carbocycles. The molecule has 1 aromatic heterocycles. The van der Waals surface area contributed by atoms with Gasteiger partial charge in [-0.05, 0) is 31.2 Å². The molecule has 2 heterocycles. The SMILES string of the molecule is Cc1ccc(-c2noc(CCC(=O)N3CCN(c4ccc(Cl)cc4)CC3)n2)cc1. The molecular formula is C22H23ClN4O2. The highest BCUT2D eigenvalue weighted by atomic mass is 35.5. The Kier molecular flexibility index (Phi) is 5.81. The Labute approximate surface area is 175 Å². The van der Waals surface area contributed by atoms with E-state index in [2.05, 4.69) is 15.0 Å². The van der Waals surface area contributed by atoms with Gasteiger partial charge in [-0.2, -0.15) is 4.98 Å². The van der Waals surface area contributed by atoms with Crippen LogP contribution in [0.2, 0.25) is 5.02 Å². The van der Waals surface area contributed by atoms with Crippen LogP contribution in [0, 0.1) is 6.92 Å². The molecule has 0 atom stereocenters. The van der Waals surface area contributed by atoms with Crippen molar-refractivity contribution in [1.29, 1.82) is 0 Å². The smallest absolute Gasteiger partial charge is 0.227 e. The zero-order valence-electron chi connectivity index (χ0n) is 16.3. The Morgan fingerprint density at radius 2 is 1.72 bits per heavy atom. The van der Waals surface area contributed by atoms with Crippen LogP contribution in [0.4, 0.5) is 5.69 Å². The molecule has 1 fully saturated rings. The molecule has 1 aliphatic heterocycles. The average Bonchev–Trinajstić information content (AvgIpc) is 3.22. The van der Waals surface area contributed by atoms with Crippen LogP contribution in [0.3, 0.4) is 0 Å². The van der Waals surface area contributed by atoms with Gasteiger partial charge in [0.1, 0.15) is 0 Å². The van der Waals surface area contributed by atoms with Gasteiger partial charge >= 0.3 is 0 Å². The topological polar surface area (TPSA) is 62.5 Å². The number of halogens is 1. The number of hydrogen-bond acceptors (Lipinski definition) is 5. The summed E-state index contributed by atoms with van der Waals surface area (Å²) in [5, 5.41) is 4.76. The lowest BCUT2D eigenvalue weighted by Gasteiger charge is -2.36. The Bertz CT molecular complexity index is 961. The van der Waals surface area contributed by atoms with E-state index in [0.29, 0.717) is 37.6 Å². The van der Waals surface area contributed by atoms with E-state index in [9.17, 15) is 4.79 Å². The second-order valence-corrected chi connectivity index (χ2v) is 7.66. The van der Waals surface area contributed by atoms with E-state index in [1.165, 1.54) is 5.56 Å². The van der Waals surface area contributed by atoms with E-state index >= 15 is 0 Å². The molecule has 150 valence electrons. The summed E-state index contributed by atoms with van der Waals surface area (Å²) in [5.74, 6) is 1.17. The zero-order valence-corrected chi connectivity index (χ0v) is 17.1. The van der Waals surface area contributed by atoms with Crippen molar-refractivity contribution in [3.8, 4) is 11.4 Å². The van der Waals surface area contributed by atoms with Crippen molar-refractivity contribution in [3.63, 3.8) is 0 Å². The number of amides is 1. The monoisotopic (exact) mass is 410 g/mol. The number of hydrogen-bond donors (Lipinski definition) is 0. The van der Waals surface area contributed by atoms with Crippen LogP contribution in [0.5, 0.6) is 0 Å². The molecule has 1 amide bonds. The third-order valence-electron chi connectivity index (χ3n) is 5.15. The number of carbonyl (C=O) groups excluding carboxylic acids is 1. The van der Waals surface area contributed by atoms with Gasteiger partial charge in [0.05, 0.1) is 0 Å². The number of anilines is 1. The Balaban J connectivity index is 1.27. The highest BCUT2D eigenvalue weighted by Gasteiger charge is 2.22. The molecule has 0 N–H and O–H groups in total. The van der Waals surface area contributed by atoms with Gasteiger partial charge in [0.25, 0.3) is 0 Å². The fourth-order valence-corrected chi connectivity index (χ4v) is 3.54. The van der Waals surface area contributed by atoms with E-state index in [0.717, 1.165) is 29.4 Å². The first-order valence-corrected chi connectivity index (χ1v) is 10.1. The molecule has 1 aliphatic rings. The van der Waals surface area contributed by atoms with Crippen LogP contribution in [-0.2, 0) is 11.2 Å². The number of piperazine rings is 1. The number of benzene rings is 2. The molecule has 29 heavy (non-hydrogen) atoms. The molecule has 0 radical (unpaired) electrons. The third-order valence-corrected chi connectivity index (χ3v) is 5.41. The van der Waals surface area contributed by atoms with Crippen molar-refractivity contribution < 1.29 is 9.32 Å². The highest BCUT2D eigenvalue weighted by Crippen LogP contribution is 2.20. The van der Waals surface area contributed by atoms with Crippen LogP contribution < -0.4 is 4.90 Å². The molecule has 0 aliphatic carbocycles. The average molecular weight is 411 g/mol. The zero-order chi connectivity index (χ0) is 20.2. The molecule has 0 bridgehead atoms. The van der Waals surface area contributed by atoms with Gasteiger partial charge in [-0.25, -0.2) is 0 Å². The van der Waals surface area contributed by atoms with Crippen LogP contribution in [0.15, 0.2) is 53.1 Å². The van der Waals surface area contributed by atoms with Crippen molar-refractivity contribution in [2.75, 3.05) is 31.1 Å². The van der Waals surface area contributed by atoms with Gasteiger partial charge in [0, 0.05) is 55.3 Å². The second-order valence-electron chi connectivity index (χ2n) is 7.22. The maximum absolute atomic E-state index is 12.6. The van der Waals surface area contributed by atoms with Crippen molar-refractivity contribution in [2.24, 2.45) is 0 Å². The summed E-state index contributed by atoms with van der Waals surface area (Å²) in [6.45, 7) is 5.07. The fraction of sp³-hybridized carbons (Fsp3) is 0.318. The minimum atomic E-state index is 0.121. The van der Waals surface area contributed by atoms with Crippen molar-refractivity contribution >= 4 is 23.2 Å². The van der Waals surface area contributed by atoms with Crippen LogP contribution in [0.25, 0.3) is 11.4 Å². The summed E-state index contributed by atoms with van der Waals surface area (Å²) in [6.07, 6.45) is 0.825. The van der Waals surface area contributed by atoms with Gasteiger partial charge in [0.2, 0.25) is 17.6 Å². The van der Waals surface area contributed by atoms with Crippen molar-refractivity contribution in [1.82, 2.24) is 15.0 Å². The van der Waals surface area contributed by atoms with Gasteiger partial charge in [0.15, 0.2) is 0 Å². The number of rotatable bonds is 5. The van der Waals surface area contributed by atoms with Gasteiger partial charge in [-0.15, -0.1) is 0 Å². The first-order valence-electron chi connectivity index (χ1n) is 9.76. The second kappa shape index (κ2) is 8.66. The fourth-order valence-electron chi connectivity index (χ4n) is 3.41. The standard InChI is InChI=1S/C22H23ClN4O2/c1-16-2-4-17(5-3-16)22-24-20(29-25-22)10-11-21(28)27-14-12-26(13-15-27)19-8-6-18(23)7-9-19/h2-9H,10-15H2,1H3. The minimum absolute atomic E-state index is 0.121. The van der Waals surface area contributed by atoms with Gasteiger partial charge in [-0.3, -0.25) is 4.79 Å². The maximum atomic E-state index is 12.6. The molecule has 0 unspecified atom stereocenters. The number of aryl methyl sites for hydroxylation is 2. The van der Waals surface area contributed by atoms with Crippen LogP contribution in [0.1, 0.15) is 17.9 Å². The first kappa shape index (κ1) is 19.5. The summed E-state index contributed by atoms with van der Waals surface area (Å²) in [6, 6.07) is 15.8. The van der Waals surface area contributed by atoms with Crippen LogP contribution in [-0.4, -0.2) is 47.1 Å².